The van der Waals surface area contributed by atoms with Gasteiger partial charge in [-0.25, -0.2) is 18.0 Å². The molecule has 1 aliphatic heterocycles. The third-order valence-corrected chi connectivity index (χ3v) is 4.50. The van der Waals surface area contributed by atoms with Crippen LogP contribution in [-0.4, -0.2) is 66.0 Å². The van der Waals surface area contributed by atoms with Crippen molar-refractivity contribution < 1.29 is 37.8 Å². The number of hydrogen-bond acceptors (Lipinski definition) is 6. The zero-order valence-electron chi connectivity index (χ0n) is 11.6. The Kier molecular flexibility index (Phi) is 6.02. The van der Waals surface area contributed by atoms with Crippen molar-refractivity contribution in [3.05, 3.63) is 24.3 Å². The fraction of sp³-hybridized carbons (Fsp3) is 0.333. The van der Waals surface area contributed by atoms with E-state index in [-0.39, 0.29) is 0 Å². The first-order valence-corrected chi connectivity index (χ1v) is 8.04. The minimum absolute atomic E-state index is 0.423. The van der Waals surface area contributed by atoms with Gasteiger partial charge in [0.05, 0.1) is 23.6 Å². The minimum atomic E-state index is -3.51. The van der Waals surface area contributed by atoms with E-state index in [4.69, 9.17) is 10.2 Å². The fourth-order valence-corrected chi connectivity index (χ4v) is 3.75. The topological polar surface area (TPSA) is 167 Å². The Balaban J connectivity index is 2.75. The molecule has 0 radical (unpaired) electrons. The number of amides is 2. The lowest BCUT2D eigenvalue weighted by Crippen LogP contribution is -2.50. The number of sulfone groups is 1. The van der Waals surface area contributed by atoms with Gasteiger partial charge < -0.3 is 20.8 Å². The van der Waals surface area contributed by atoms with Crippen LogP contribution >= 0.6 is 0 Å². The van der Waals surface area contributed by atoms with Crippen LogP contribution in [0.4, 0.5) is 0 Å². The SMILES string of the molecule is O=C(O)/C=C/C(=O)N[C@H]1CS(=O)(=O)C[C@@H]1NC(=O)/C=C/C(=O)O. The average Bonchev–Trinajstić information content (AvgIpc) is 2.68. The number of hydrogen-bond donors (Lipinski definition) is 4. The summed E-state index contributed by atoms with van der Waals surface area (Å²) in [4.78, 5) is 43.6. The van der Waals surface area contributed by atoms with Crippen LogP contribution in [0.1, 0.15) is 0 Å². The molecule has 0 unspecified atom stereocenters. The molecule has 0 spiro atoms. The molecule has 0 aromatic heterocycles. The van der Waals surface area contributed by atoms with E-state index in [2.05, 4.69) is 10.6 Å². The zero-order chi connectivity index (χ0) is 17.6. The molecule has 0 bridgehead atoms. The van der Waals surface area contributed by atoms with Crippen LogP contribution in [0.3, 0.4) is 0 Å². The van der Waals surface area contributed by atoms with Crippen molar-refractivity contribution >= 4 is 33.6 Å². The highest BCUT2D eigenvalue weighted by molar-refractivity contribution is 7.91. The number of carbonyl (C=O) groups is 4. The van der Waals surface area contributed by atoms with E-state index in [0.717, 1.165) is 12.2 Å². The molecular formula is C12H14N2O8S. The molecule has 11 heteroatoms. The van der Waals surface area contributed by atoms with Gasteiger partial charge in [0.25, 0.3) is 0 Å². The van der Waals surface area contributed by atoms with E-state index in [0.29, 0.717) is 12.2 Å². The Bertz CT molecular complexity index is 627. The second-order valence-electron chi connectivity index (χ2n) is 4.65. The molecule has 0 saturated carbocycles. The lowest BCUT2D eigenvalue weighted by molar-refractivity contribution is -0.132. The van der Waals surface area contributed by atoms with Gasteiger partial charge in [0, 0.05) is 24.3 Å². The van der Waals surface area contributed by atoms with Gasteiger partial charge in [-0.2, -0.15) is 0 Å². The van der Waals surface area contributed by atoms with Gasteiger partial charge in [0.1, 0.15) is 0 Å². The van der Waals surface area contributed by atoms with Crippen LogP contribution in [0.5, 0.6) is 0 Å². The normalized spacial score (nSPS) is 23.0. The van der Waals surface area contributed by atoms with Crippen molar-refractivity contribution in [2.75, 3.05) is 11.5 Å². The summed E-state index contributed by atoms with van der Waals surface area (Å²) in [5.41, 5.74) is 0. The van der Waals surface area contributed by atoms with Gasteiger partial charge in [-0.3, -0.25) is 9.59 Å². The van der Waals surface area contributed by atoms with Gasteiger partial charge in [-0.15, -0.1) is 0 Å². The van der Waals surface area contributed by atoms with Crippen molar-refractivity contribution in [2.24, 2.45) is 0 Å². The van der Waals surface area contributed by atoms with Gasteiger partial charge in [-0.05, 0) is 0 Å². The molecule has 0 aromatic carbocycles. The molecule has 0 aliphatic carbocycles. The van der Waals surface area contributed by atoms with Crippen LogP contribution in [0.2, 0.25) is 0 Å². The quantitative estimate of drug-likeness (QED) is 0.388. The Morgan fingerprint density at radius 1 is 0.783 bits per heavy atom. The summed E-state index contributed by atoms with van der Waals surface area (Å²) in [5.74, 6) is -5.18. The van der Waals surface area contributed by atoms with E-state index in [1.54, 1.807) is 0 Å². The number of carbonyl (C=O) groups excluding carboxylic acids is 2. The second kappa shape index (κ2) is 7.54. The molecule has 4 N–H and O–H groups in total. The smallest absolute Gasteiger partial charge is 0.328 e. The predicted molar refractivity (Wildman–Crippen MR) is 76.1 cm³/mol. The monoisotopic (exact) mass is 346 g/mol. The Morgan fingerprint density at radius 3 is 1.43 bits per heavy atom. The van der Waals surface area contributed by atoms with Crippen LogP contribution in [0.15, 0.2) is 24.3 Å². The number of nitrogens with one attached hydrogen (secondary N) is 2. The van der Waals surface area contributed by atoms with E-state index in [1.165, 1.54) is 0 Å². The number of aliphatic carboxylic acids is 2. The van der Waals surface area contributed by atoms with Crippen LogP contribution in [0.25, 0.3) is 0 Å². The van der Waals surface area contributed by atoms with E-state index in [1.807, 2.05) is 0 Å². The van der Waals surface area contributed by atoms with Crippen molar-refractivity contribution in [2.45, 2.75) is 12.1 Å². The molecule has 1 heterocycles. The third kappa shape index (κ3) is 6.74. The van der Waals surface area contributed by atoms with Crippen molar-refractivity contribution in [1.29, 1.82) is 0 Å². The van der Waals surface area contributed by atoms with E-state index >= 15 is 0 Å². The third-order valence-electron chi connectivity index (χ3n) is 2.76. The molecule has 1 fully saturated rings. The fourth-order valence-electron chi connectivity index (χ4n) is 1.89. The molecule has 0 aromatic rings. The van der Waals surface area contributed by atoms with E-state index < -0.39 is 57.2 Å². The van der Waals surface area contributed by atoms with Crippen molar-refractivity contribution in [1.82, 2.24) is 10.6 Å². The molecule has 1 aliphatic rings. The lowest BCUT2D eigenvalue weighted by Gasteiger charge is -2.19. The van der Waals surface area contributed by atoms with Crippen LogP contribution < -0.4 is 10.6 Å². The number of rotatable bonds is 6. The maximum atomic E-state index is 11.6. The first kappa shape index (κ1) is 18.4. The lowest BCUT2D eigenvalue weighted by atomic mass is 10.1. The summed E-state index contributed by atoms with van der Waals surface area (Å²) >= 11 is 0. The average molecular weight is 346 g/mol. The zero-order valence-corrected chi connectivity index (χ0v) is 12.4. The minimum Gasteiger partial charge on any atom is -0.478 e. The van der Waals surface area contributed by atoms with Crippen LogP contribution in [0, 0.1) is 0 Å². The van der Waals surface area contributed by atoms with Gasteiger partial charge >= 0.3 is 11.9 Å². The van der Waals surface area contributed by atoms with Gasteiger partial charge in [0.15, 0.2) is 9.84 Å². The van der Waals surface area contributed by atoms with Gasteiger partial charge in [-0.1, -0.05) is 0 Å². The molecule has 1 saturated heterocycles. The molecule has 126 valence electrons. The summed E-state index contributed by atoms with van der Waals surface area (Å²) in [6.45, 7) is 0. The summed E-state index contributed by atoms with van der Waals surface area (Å²) < 4.78 is 23.2. The Labute approximate surface area is 130 Å². The molecule has 2 atom stereocenters. The molecular weight excluding hydrogens is 332 g/mol. The molecule has 2 amide bonds. The first-order chi connectivity index (χ1) is 10.6. The highest BCUT2D eigenvalue weighted by Crippen LogP contribution is 2.13. The molecule has 1 rings (SSSR count). The summed E-state index contributed by atoms with van der Waals surface area (Å²) in [5, 5.41) is 21.4. The van der Waals surface area contributed by atoms with Crippen molar-refractivity contribution in [3.63, 3.8) is 0 Å². The summed E-state index contributed by atoms with van der Waals surface area (Å²) in [6.07, 6.45) is 2.61. The summed E-state index contributed by atoms with van der Waals surface area (Å²) in [6, 6.07) is -1.90. The molecule has 10 nitrogen and oxygen atoms in total. The largest absolute Gasteiger partial charge is 0.478 e. The highest BCUT2D eigenvalue weighted by Gasteiger charge is 2.38. The van der Waals surface area contributed by atoms with E-state index in [9.17, 15) is 27.6 Å². The Hall–Kier alpha value is -2.69. The maximum absolute atomic E-state index is 11.6. The first-order valence-electron chi connectivity index (χ1n) is 6.22. The number of carboxylic acids is 2. The molecule has 23 heavy (non-hydrogen) atoms. The Morgan fingerprint density at radius 2 is 1.13 bits per heavy atom. The standard InChI is InChI=1S/C12H14N2O8S/c15-9(1-3-11(17)18)13-7-5-23(21,22)6-8(7)14-10(16)2-4-12(19)20/h1-4,7-8H,5-6H2,(H,13,15)(H,14,16)(H,17,18)(H,19,20)/b3-1+,4-2+/t7-,8-/m0/s1. The number of carboxylic acid groups (broad SMARTS) is 2. The van der Waals surface area contributed by atoms with Gasteiger partial charge in [0.2, 0.25) is 11.8 Å². The highest BCUT2D eigenvalue weighted by atomic mass is 32.2. The maximum Gasteiger partial charge on any atom is 0.328 e. The second-order valence-corrected chi connectivity index (χ2v) is 6.80. The van der Waals surface area contributed by atoms with Crippen LogP contribution in [-0.2, 0) is 29.0 Å². The predicted octanol–water partition coefficient (Wildman–Crippen LogP) is -2.33. The van der Waals surface area contributed by atoms with Crippen molar-refractivity contribution in [3.8, 4) is 0 Å². The summed E-state index contributed by atoms with van der Waals surface area (Å²) in [7, 11) is -3.51.